The van der Waals surface area contributed by atoms with Gasteiger partial charge in [-0.2, -0.15) is 0 Å². The van der Waals surface area contributed by atoms with Crippen LogP contribution in [0.5, 0.6) is 5.75 Å². The highest BCUT2D eigenvalue weighted by Gasteiger charge is 2.19. The fourth-order valence-electron chi connectivity index (χ4n) is 2.81. The van der Waals surface area contributed by atoms with Crippen LogP contribution in [0.2, 0.25) is 0 Å². The smallest absolute Gasteiger partial charge is 0.261 e. The summed E-state index contributed by atoms with van der Waals surface area (Å²) in [5.41, 5.74) is 2.76. The first kappa shape index (κ1) is 14.7. The van der Waals surface area contributed by atoms with Gasteiger partial charge in [0, 0.05) is 0 Å². The highest BCUT2D eigenvalue weighted by molar-refractivity contribution is 5.81. The monoisotopic (exact) mass is 299 g/mol. The fraction of sp³-hybridized carbons (Fsp3) is 0.389. The lowest BCUT2D eigenvalue weighted by Crippen LogP contribution is -2.37. The molecule has 1 aliphatic rings. The van der Waals surface area contributed by atoms with Crippen LogP contribution in [0, 0.1) is 0 Å². The van der Waals surface area contributed by atoms with Gasteiger partial charge in [-0.15, -0.1) is 0 Å². The molecular formula is C18H21NO3. The Morgan fingerprint density at radius 1 is 1.32 bits per heavy atom. The zero-order valence-corrected chi connectivity index (χ0v) is 12.8. The van der Waals surface area contributed by atoms with Gasteiger partial charge in [0.2, 0.25) is 0 Å². The van der Waals surface area contributed by atoms with Gasteiger partial charge in [-0.1, -0.05) is 13.0 Å². The van der Waals surface area contributed by atoms with Gasteiger partial charge in [-0.25, -0.2) is 0 Å². The minimum Gasteiger partial charge on any atom is -0.481 e. The van der Waals surface area contributed by atoms with E-state index in [4.69, 9.17) is 9.15 Å². The lowest BCUT2D eigenvalue weighted by Gasteiger charge is -2.17. The fourth-order valence-corrected chi connectivity index (χ4v) is 2.81. The van der Waals surface area contributed by atoms with Gasteiger partial charge in [0.15, 0.2) is 6.10 Å². The molecule has 0 radical (unpaired) electrons. The first-order chi connectivity index (χ1) is 10.8. The van der Waals surface area contributed by atoms with E-state index in [-0.39, 0.29) is 5.91 Å². The highest BCUT2D eigenvalue weighted by atomic mass is 16.5. The summed E-state index contributed by atoms with van der Waals surface area (Å²) in [5, 5.41) is 2.85. The van der Waals surface area contributed by atoms with E-state index in [1.807, 2.05) is 19.1 Å². The molecule has 1 atom stereocenters. The zero-order chi connectivity index (χ0) is 15.4. The second kappa shape index (κ2) is 6.69. The molecule has 0 fully saturated rings. The molecule has 0 saturated carbocycles. The largest absolute Gasteiger partial charge is 0.481 e. The Morgan fingerprint density at radius 3 is 2.95 bits per heavy atom. The Morgan fingerprint density at radius 2 is 2.18 bits per heavy atom. The Balaban J connectivity index is 1.60. The molecule has 1 unspecified atom stereocenters. The van der Waals surface area contributed by atoms with Gasteiger partial charge in [0.25, 0.3) is 5.91 Å². The van der Waals surface area contributed by atoms with Crippen LogP contribution in [0.3, 0.4) is 0 Å². The molecule has 2 aromatic rings. The van der Waals surface area contributed by atoms with Crippen molar-refractivity contribution in [3.63, 3.8) is 0 Å². The summed E-state index contributed by atoms with van der Waals surface area (Å²) < 4.78 is 11.1. The number of aryl methyl sites for hydroxylation is 2. The van der Waals surface area contributed by atoms with E-state index in [2.05, 4.69) is 17.4 Å². The summed E-state index contributed by atoms with van der Waals surface area (Å²) in [4.78, 5) is 12.2. The Kier molecular flexibility index (Phi) is 4.47. The molecule has 0 bridgehead atoms. The number of amides is 1. The van der Waals surface area contributed by atoms with Crippen molar-refractivity contribution in [2.45, 2.75) is 45.3 Å². The average Bonchev–Trinajstić information content (AvgIpc) is 3.20. The Labute approximate surface area is 130 Å². The van der Waals surface area contributed by atoms with E-state index in [1.165, 1.54) is 17.5 Å². The van der Waals surface area contributed by atoms with Crippen LogP contribution in [0.4, 0.5) is 0 Å². The lowest BCUT2D eigenvalue weighted by atomic mass is 10.1. The molecule has 22 heavy (non-hydrogen) atoms. The third kappa shape index (κ3) is 3.32. The Hall–Kier alpha value is -2.23. The predicted octanol–water partition coefficient (Wildman–Crippen LogP) is 3.24. The molecule has 4 nitrogen and oxygen atoms in total. The average molecular weight is 299 g/mol. The van der Waals surface area contributed by atoms with Crippen LogP contribution in [0.1, 0.15) is 36.7 Å². The normalized spacial score (nSPS) is 14.4. The number of nitrogens with one attached hydrogen (secondary N) is 1. The van der Waals surface area contributed by atoms with Crippen molar-refractivity contribution in [2.24, 2.45) is 0 Å². The first-order valence-corrected chi connectivity index (χ1v) is 7.85. The SMILES string of the molecule is CCC(Oc1ccc2c(c1)CCC2)C(=O)NCc1ccco1. The molecule has 0 saturated heterocycles. The minimum atomic E-state index is -0.477. The van der Waals surface area contributed by atoms with Crippen LogP contribution in [0.15, 0.2) is 41.0 Å². The lowest BCUT2D eigenvalue weighted by molar-refractivity contribution is -0.128. The molecule has 0 spiro atoms. The van der Waals surface area contributed by atoms with Crippen molar-refractivity contribution in [2.75, 3.05) is 0 Å². The van der Waals surface area contributed by atoms with Crippen molar-refractivity contribution < 1.29 is 13.9 Å². The number of hydrogen-bond donors (Lipinski definition) is 1. The van der Waals surface area contributed by atoms with Crippen LogP contribution in [0.25, 0.3) is 0 Å². The van der Waals surface area contributed by atoms with E-state index >= 15 is 0 Å². The van der Waals surface area contributed by atoms with Crippen LogP contribution in [-0.4, -0.2) is 12.0 Å². The van der Waals surface area contributed by atoms with Gasteiger partial charge in [-0.3, -0.25) is 4.79 Å². The van der Waals surface area contributed by atoms with Crippen LogP contribution in [-0.2, 0) is 24.2 Å². The molecular weight excluding hydrogens is 278 g/mol. The maximum Gasteiger partial charge on any atom is 0.261 e. The van der Waals surface area contributed by atoms with Gasteiger partial charge in [0.05, 0.1) is 12.8 Å². The maximum absolute atomic E-state index is 12.2. The number of ether oxygens (including phenoxy) is 1. The van der Waals surface area contributed by atoms with E-state index < -0.39 is 6.10 Å². The standard InChI is InChI=1S/C18H21NO3/c1-2-17(18(20)19-12-16-7-4-10-21-16)22-15-9-8-13-5-3-6-14(13)11-15/h4,7-11,17H,2-3,5-6,12H2,1H3,(H,19,20). The number of carbonyl (C=O) groups is 1. The number of hydrogen-bond acceptors (Lipinski definition) is 3. The number of fused-ring (bicyclic) bond motifs is 1. The molecule has 3 rings (SSSR count). The molecule has 1 aromatic heterocycles. The highest BCUT2D eigenvalue weighted by Crippen LogP contribution is 2.26. The van der Waals surface area contributed by atoms with Crippen molar-refractivity contribution in [1.29, 1.82) is 0 Å². The summed E-state index contributed by atoms with van der Waals surface area (Å²) in [6, 6.07) is 9.80. The van der Waals surface area contributed by atoms with E-state index in [0.29, 0.717) is 13.0 Å². The van der Waals surface area contributed by atoms with E-state index in [1.54, 1.807) is 12.3 Å². The summed E-state index contributed by atoms with van der Waals surface area (Å²) >= 11 is 0. The van der Waals surface area contributed by atoms with Gasteiger partial charge >= 0.3 is 0 Å². The van der Waals surface area contributed by atoms with Crippen molar-refractivity contribution >= 4 is 5.91 Å². The quantitative estimate of drug-likeness (QED) is 0.891. The molecule has 1 aromatic carbocycles. The summed E-state index contributed by atoms with van der Waals surface area (Å²) in [6.07, 6.45) is 5.21. The number of rotatable bonds is 6. The van der Waals surface area contributed by atoms with E-state index in [0.717, 1.165) is 24.4 Å². The predicted molar refractivity (Wildman–Crippen MR) is 83.7 cm³/mol. The molecule has 4 heteroatoms. The van der Waals surface area contributed by atoms with Gasteiger partial charge in [0.1, 0.15) is 11.5 Å². The zero-order valence-electron chi connectivity index (χ0n) is 12.8. The van der Waals surface area contributed by atoms with Crippen molar-refractivity contribution in [3.8, 4) is 5.75 Å². The van der Waals surface area contributed by atoms with Crippen molar-refractivity contribution in [3.05, 3.63) is 53.5 Å². The van der Waals surface area contributed by atoms with Gasteiger partial charge in [-0.05, 0) is 61.1 Å². The summed E-state index contributed by atoms with van der Waals surface area (Å²) in [7, 11) is 0. The Bertz CT molecular complexity index is 634. The topological polar surface area (TPSA) is 51.5 Å². The summed E-state index contributed by atoms with van der Waals surface area (Å²) in [6.45, 7) is 2.33. The number of benzene rings is 1. The molecule has 1 aliphatic carbocycles. The molecule has 1 N–H and O–H groups in total. The minimum absolute atomic E-state index is 0.112. The van der Waals surface area contributed by atoms with Crippen LogP contribution < -0.4 is 10.1 Å². The third-order valence-electron chi connectivity index (χ3n) is 4.03. The molecule has 1 amide bonds. The second-order valence-electron chi connectivity index (χ2n) is 5.60. The molecule has 1 heterocycles. The van der Waals surface area contributed by atoms with Gasteiger partial charge < -0.3 is 14.5 Å². The maximum atomic E-state index is 12.2. The number of furan rings is 1. The molecule has 116 valence electrons. The molecule has 0 aliphatic heterocycles. The number of carbonyl (C=O) groups excluding carboxylic acids is 1. The van der Waals surface area contributed by atoms with E-state index in [9.17, 15) is 4.79 Å². The summed E-state index contributed by atoms with van der Waals surface area (Å²) in [5.74, 6) is 1.40. The first-order valence-electron chi connectivity index (χ1n) is 7.85. The third-order valence-corrected chi connectivity index (χ3v) is 4.03. The second-order valence-corrected chi connectivity index (χ2v) is 5.60. The van der Waals surface area contributed by atoms with Crippen molar-refractivity contribution in [1.82, 2.24) is 5.32 Å². The van der Waals surface area contributed by atoms with Crippen LogP contribution >= 0.6 is 0 Å².